The minimum Gasteiger partial charge on any atom is -0.245 e. The fourth-order valence-corrected chi connectivity index (χ4v) is 5.16. The molecule has 2 nitrogen and oxygen atoms in total. The van der Waals surface area contributed by atoms with E-state index in [1.807, 2.05) is 23.6 Å². The molecule has 0 N–H and O–H groups in total. The molecule has 20 heavy (non-hydrogen) atoms. The van der Waals surface area contributed by atoms with Crippen LogP contribution in [0.5, 0.6) is 0 Å². The summed E-state index contributed by atoms with van der Waals surface area (Å²) in [6.45, 7) is 2.17. The van der Waals surface area contributed by atoms with Crippen LogP contribution in [0, 0.1) is 6.92 Å². The molecule has 4 heteroatoms. The van der Waals surface area contributed by atoms with Gasteiger partial charge in [-0.25, -0.2) is 4.98 Å². The first-order valence-electron chi connectivity index (χ1n) is 6.48. The van der Waals surface area contributed by atoms with Crippen molar-refractivity contribution >= 4 is 42.4 Å². The first-order valence-corrected chi connectivity index (χ1v) is 8.11. The van der Waals surface area contributed by atoms with Gasteiger partial charge in [0.05, 0.1) is 5.56 Å². The van der Waals surface area contributed by atoms with Gasteiger partial charge in [0.1, 0.15) is 16.6 Å². The number of rotatable bonds is 1. The van der Waals surface area contributed by atoms with Crippen LogP contribution in [0.25, 0.3) is 30.3 Å². The van der Waals surface area contributed by atoms with E-state index in [0.29, 0.717) is 0 Å². The highest BCUT2D eigenvalue weighted by molar-refractivity contribution is 7.32. The quantitative estimate of drug-likeness (QED) is 0.478. The lowest BCUT2D eigenvalue weighted by Crippen LogP contribution is -2.27. The Morgan fingerprint density at radius 2 is 1.90 bits per heavy atom. The summed E-state index contributed by atoms with van der Waals surface area (Å²) >= 11 is 3.63. The van der Waals surface area contributed by atoms with Crippen molar-refractivity contribution in [3.05, 3.63) is 48.2 Å². The summed E-state index contributed by atoms with van der Waals surface area (Å²) in [6, 6.07) is 12.7. The maximum Gasteiger partial charge on any atom is 0.282 e. The van der Waals surface area contributed by atoms with E-state index in [-0.39, 0.29) is 0 Å². The number of benzene rings is 1. The molecule has 3 aromatic heterocycles. The molecule has 0 aliphatic rings. The van der Waals surface area contributed by atoms with E-state index in [1.54, 1.807) is 11.3 Å². The van der Waals surface area contributed by atoms with E-state index in [0.717, 1.165) is 4.83 Å². The Labute approximate surface area is 125 Å². The highest BCUT2D eigenvalue weighted by Crippen LogP contribution is 2.38. The lowest BCUT2D eigenvalue weighted by Gasteiger charge is -1.98. The van der Waals surface area contributed by atoms with E-state index in [2.05, 4.69) is 53.9 Å². The molecule has 98 valence electrons. The summed E-state index contributed by atoms with van der Waals surface area (Å²) in [5, 5.41) is 2.59. The Morgan fingerprint density at radius 3 is 2.75 bits per heavy atom. The van der Waals surface area contributed by atoms with Crippen LogP contribution in [0.4, 0.5) is 0 Å². The van der Waals surface area contributed by atoms with Gasteiger partial charge in [-0.3, -0.25) is 0 Å². The fraction of sp³-hybridized carbons (Fsp3) is 0.125. The average molecular weight is 297 g/mol. The number of nitrogens with zero attached hydrogens (tertiary/aromatic N) is 2. The summed E-state index contributed by atoms with van der Waals surface area (Å²) in [5.41, 5.74) is 2.64. The van der Waals surface area contributed by atoms with Crippen LogP contribution in [-0.2, 0) is 7.05 Å². The first-order chi connectivity index (χ1) is 9.75. The highest BCUT2D eigenvalue weighted by Gasteiger charge is 2.24. The van der Waals surface area contributed by atoms with Crippen molar-refractivity contribution in [2.45, 2.75) is 6.92 Å². The maximum absolute atomic E-state index is 4.46. The van der Waals surface area contributed by atoms with E-state index in [4.69, 9.17) is 0 Å². The lowest BCUT2D eigenvalue weighted by atomic mass is 10.1. The Balaban J connectivity index is 2.07. The molecule has 4 aromatic rings. The molecule has 0 aliphatic heterocycles. The third kappa shape index (κ3) is 1.62. The largest absolute Gasteiger partial charge is 0.282 e. The second-order valence-electron chi connectivity index (χ2n) is 4.87. The van der Waals surface area contributed by atoms with Crippen LogP contribution in [0.15, 0.2) is 42.6 Å². The second kappa shape index (κ2) is 4.36. The van der Waals surface area contributed by atoms with Crippen molar-refractivity contribution < 1.29 is 4.57 Å². The van der Waals surface area contributed by atoms with Crippen molar-refractivity contribution in [2.24, 2.45) is 7.05 Å². The summed E-state index contributed by atoms with van der Waals surface area (Å²) in [6.07, 6.45) is 1.87. The average Bonchev–Trinajstić information content (AvgIpc) is 2.97. The number of aryl methyl sites for hydroxylation is 2. The van der Waals surface area contributed by atoms with Gasteiger partial charge in [-0.15, -0.1) is 0 Å². The Bertz CT molecular complexity index is 934. The molecule has 0 amide bonds. The molecule has 0 atom stereocenters. The summed E-state index contributed by atoms with van der Waals surface area (Å²) < 4.78 is 3.65. The Kier molecular flexibility index (Phi) is 2.62. The summed E-state index contributed by atoms with van der Waals surface area (Å²) in [5.74, 6) is 0. The Hall–Kier alpha value is -1.78. The molecular weight excluding hydrogens is 284 g/mol. The molecule has 0 aliphatic carbocycles. The summed E-state index contributed by atoms with van der Waals surface area (Å²) in [7, 11) is 2.15. The van der Waals surface area contributed by atoms with Crippen LogP contribution >= 0.6 is 22.7 Å². The number of thiazole rings is 1. The van der Waals surface area contributed by atoms with Gasteiger partial charge in [0.25, 0.3) is 9.84 Å². The van der Waals surface area contributed by atoms with Crippen LogP contribution in [-0.4, -0.2) is 4.98 Å². The van der Waals surface area contributed by atoms with Crippen molar-refractivity contribution in [2.75, 3.05) is 0 Å². The molecule has 1 aromatic carbocycles. The lowest BCUT2D eigenvalue weighted by molar-refractivity contribution is -0.627. The number of fused-ring (bicyclic) bond motifs is 3. The van der Waals surface area contributed by atoms with Gasteiger partial charge in [-0.05, 0) is 42.0 Å². The standard InChI is InChI=1S/C16H13N2S2/c1-10-6-3-4-7-11(10)15-18(2)16-13(19-15)12-8-5-9-17-14(12)20-16/h3-9H,1-2H3/q+1. The van der Waals surface area contributed by atoms with Gasteiger partial charge >= 0.3 is 0 Å². The molecule has 0 radical (unpaired) electrons. The normalized spacial score (nSPS) is 11.5. The predicted molar refractivity (Wildman–Crippen MR) is 86.4 cm³/mol. The van der Waals surface area contributed by atoms with E-state index in [1.165, 1.54) is 31.1 Å². The van der Waals surface area contributed by atoms with Crippen molar-refractivity contribution in [3.8, 4) is 10.6 Å². The van der Waals surface area contributed by atoms with Gasteiger partial charge in [-0.2, -0.15) is 4.57 Å². The minimum atomic E-state index is 1.13. The molecule has 0 saturated carbocycles. The van der Waals surface area contributed by atoms with Crippen molar-refractivity contribution in [1.82, 2.24) is 4.98 Å². The highest BCUT2D eigenvalue weighted by atomic mass is 32.1. The molecule has 0 saturated heterocycles. The van der Waals surface area contributed by atoms with Gasteiger partial charge in [0.15, 0.2) is 0 Å². The zero-order valence-electron chi connectivity index (χ0n) is 11.3. The van der Waals surface area contributed by atoms with Gasteiger partial charge in [-0.1, -0.05) is 29.5 Å². The smallest absolute Gasteiger partial charge is 0.245 e. The number of aromatic nitrogens is 2. The van der Waals surface area contributed by atoms with Gasteiger partial charge < -0.3 is 0 Å². The van der Waals surface area contributed by atoms with E-state index >= 15 is 0 Å². The zero-order chi connectivity index (χ0) is 13.7. The molecule has 0 spiro atoms. The SMILES string of the molecule is Cc1ccccc1-c1sc2c3cccnc3sc2[n+]1C. The fourth-order valence-electron chi connectivity index (χ4n) is 2.52. The van der Waals surface area contributed by atoms with Gasteiger partial charge in [0.2, 0.25) is 0 Å². The van der Waals surface area contributed by atoms with Crippen LogP contribution in [0.1, 0.15) is 5.56 Å². The van der Waals surface area contributed by atoms with E-state index in [9.17, 15) is 0 Å². The third-order valence-electron chi connectivity index (χ3n) is 3.59. The molecule has 0 unspecified atom stereocenters. The number of thiophene rings is 1. The molecule has 0 fully saturated rings. The first kappa shape index (κ1) is 12.0. The van der Waals surface area contributed by atoms with Crippen molar-refractivity contribution in [3.63, 3.8) is 0 Å². The number of hydrogen-bond donors (Lipinski definition) is 0. The van der Waals surface area contributed by atoms with Crippen LogP contribution in [0.3, 0.4) is 0 Å². The maximum atomic E-state index is 4.46. The number of pyridine rings is 1. The minimum absolute atomic E-state index is 1.13. The zero-order valence-corrected chi connectivity index (χ0v) is 12.9. The third-order valence-corrected chi connectivity index (χ3v) is 6.21. The predicted octanol–water partition coefficient (Wildman–Crippen LogP) is 4.31. The molecular formula is C16H13N2S2+. The second-order valence-corrected chi connectivity index (χ2v) is 6.85. The molecule has 3 heterocycles. The van der Waals surface area contributed by atoms with Crippen LogP contribution < -0.4 is 4.57 Å². The Morgan fingerprint density at radius 1 is 1.05 bits per heavy atom. The van der Waals surface area contributed by atoms with Gasteiger partial charge in [0, 0.05) is 11.6 Å². The molecule has 4 rings (SSSR count). The van der Waals surface area contributed by atoms with Crippen LogP contribution in [0.2, 0.25) is 0 Å². The van der Waals surface area contributed by atoms with Crippen molar-refractivity contribution in [1.29, 1.82) is 0 Å². The summed E-state index contributed by atoms with van der Waals surface area (Å²) in [4.78, 5) is 6.90. The number of hydrogen-bond acceptors (Lipinski definition) is 3. The topological polar surface area (TPSA) is 16.8 Å². The molecule has 0 bridgehead atoms. The monoisotopic (exact) mass is 297 g/mol. The van der Waals surface area contributed by atoms with E-state index < -0.39 is 0 Å².